The molecule has 0 aliphatic carbocycles. The van der Waals surface area contributed by atoms with Crippen LogP contribution in [0.5, 0.6) is 0 Å². The molecule has 1 aliphatic heterocycles. The van der Waals surface area contributed by atoms with Crippen molar-refractivity contribution in [1.82, 2.24) is 5.43 Å². The van der Waals surface area contributed by atoms with Crippen molar-refractivity contribution in [2.45, 2.75) is 19.8 Å². The summed E-state index contributed by atoms with van der Waals surface area (Å²) in [7, 11) is 0. The van der Waals surface area contributed by atoms with Crippen LogP contribution < -0.4 is 10.7 Å². The van der Waals surface area contributed by atoms with Crippen molar-refractivity contribution in [3.8, 4) is 0 Å². The number of halogens is 1. The van der Waals surface area contributed by atoms with E-state index in [9.17, 15) is 9.59 Å². The third-order valence-electron chi connectivity index (χ3n) is 2.60. The first kappa shape index (κ1) is 12.6. The van der Waals surface area contributed by atoms with Gasteiger partial charge < -0.3 is 5.32 Å². The molecule has 0 unspecified atom stereocenters. The Balaban J connectivity index is 2.07. The molecule has 0 spiro atoms. The van der Waals surface area contributed by atoms with Crippen molar-refractivity contribution in [3.05, 3.63) is 28.8 Å². The smallest absolute Gasteiger partial charge is 0.271 e. The van der Waals surface area contributed by atoms with Gasteiger partial charge in [0.2, 0.25) is 5.91 Å². The van der Waals surface area contributed by atoms with E-state index in [2.05, 4.69) is 15.8 Å². The molecule has 6 heteroatoms. The van der Waals surface area contributed by atoms with Gasteiger partial charge in [-0.25, -0.2) is 5.43 Å². The van der Waals surface area contributed by atoms with Gasteiger partial charge in [-0.1, -0.05) is 17.7 Å². The quantitative estimate of drug-likeness (QED) is 0.857. The number of amides is 2. The largest absolute Gasteiger partial charge is 0.321 e. The average molecular weight is 266 g/mol. The highest BCUT2D eigenvalue weighted by Crippen LogP contribution is 2.20. The van der Waals surface area contributed by atoms with Gasteiger partial charge in [-0.3, -0.25) is 9.59 Å². The number of nitrogens with one attached hydrogen (secondary N) is 2. The van der Waals surface area contributed by atoms with E-state index in [4.69, 9.17) is 11.6 Å². The van der Waals surface area contributed by atoms with Crippen LogP contribution in [0.3, 0.4) is 0 Å². The van der Waals surface area contributed by atoms with Gasteiger partial charge >= 0.3 is 0 Å². The van der Waals surface area contributed by atoms with Gasteiger partial charge in [0, 0.05) is 23.6 Å². The van der Waals surface area contributed by atoms with Crippen molar-refractivity contribution < 1.29 is 9.59 Å². The molecule has 1 aromatic carbocycles. The number of carbonyl (C=O) groups is 2. The molecule has 2 N–H and O–H groups in total. The fourth-order valence-electron chi connectivity index (χ4n) is 1.51. The minimum absolute atomic E-state index is 0.176. The summed E-state index contributed by atoms with van der Waals surface area (Å²) >= 11 is 5.96. The van der Waals surface area contributed by atoms with Crippen LogP contribution in [0.1, 0.15) is 18.4 Å². The van der Waals surface area contributed by atoms with Gasteiger partial charge in [0.15, 0.2) is 0 Å². The third kappa shape index (κ3) is 2.87. The van der Waals surface area contributed by atoms with Crippen LogP contribution in [0, 0.1) is 6.92 Å². The molecule has 18 heavy (non-hydrogen) atoms. The maximum absolute atomic E-state index is 11.8. The van der Waals surface area contributed by atoms with Crippen molar-refractivity contribution in [2.24, 2.45) is 5.10 Å². The molecule has 0 saturated carbocycles. The molecule has 0 radical (unpaired) electrons. The summed E-state index contributed by atoms with van der Waals surface area (Å²) in [6.45, 7) is 1.88. The van der Waals surface area contributed by atoms with Crippen molar-refractivity contribution in [1.29, 1.82) is 0 Å². The van der Waals surface area contributed by atoms with Crippen LogP contribution in [0.4, 0.5) is 5.69 Å². The van der Waals surface area contributed by atoms with E-state index < -0.39 is 0 Å². The van der Waals surface area contributed by atoms with Gasteiger partial charge in [-0.15, -0.1) is 0 Å². The standard InChI is InChI=1S/C12H12ClN3O2/c1-7-2-3-8(6-9(7)13)14-12(18)10-4-5-11(17)16-15-10/h2-3,6H,4-5H2,1H3,(H,14,18)(H,16,17). The zero-order chi connectivity index (χ0) is 13.1. The second-order valence-corrected chi connectivity index (χ2v) is 4.42. The van der Waals surface area contributed by atoms with E-state index in [1.165, 1.54) is 0 Å². The second kappa shape index (κ2) is 5.18. The van der Waals surface area contributed by atoms with Gasteiger partial charge in [0.25, 0.3) is 5.91 Å². The third-order valence-corrected chi connectivity index (χ3v) is 3.00. The zero-order valence-corrected chi connectivity index (χ0v) is 10.5. The molecule has 2 amide bonds. The number of hydrogen-bond acceptors (Lipinski definition) is 3. The minimum atomic E-state index is -0.324. The SMILES string of the molecule is Cc1ccc(NC(=O)C2=NNC(=O)CC2)cc1Cl. The second-order valence-electron chi connectivity index (χ2n) is 4.01. The number of rotatable bonds is 2. The summed E-state index contributed by atoms with van der Waals surface area (Å²) in [5, 5.41) is 7.00. The Morgan fingerprint density at radius 3 is 2.83 bits per heavy atom. The van der Waals surface area contributed by atoms with Gasteiger partial charge in [-0.2, -0.15) is 5.10 Å². The topological polar surface area (TPSA) is 70.6 Å². The van der Waals surface area contributed by atoms with Crippen LogP contribution in [0.25, 0.3) is 0 Å². The summed E-state index contributed by atoms with van der Waals surface area (Å²) in [5.41, 5.74) is 4.14. The van der Waals surface area contributed by atoms with Crippen molar-refractivity contribution >= 4 is 34.8 Å². The Kier molecular flexibility index (Phi) is 3.62. The van der Waals surface area contributed by atoms with Crippen LogP contribution in [0.2, 0.25) is 5.02 Å². The van der Waals surface area contributed by atoms with Crippen LogP contribution in [0.15, 0.2) is 23.3 Å². The number of nitrogens with zero attached hydrogens (tertiary/aromatic N) is 1. The van der Waals surface area contributed by atoms with Crippen LogP contribution in [-0.4, -0.2) is 17.5 Å². The van der Waals surface area contributed by atoms with E-state index in [1.807, 2.05) is 13.0 Å². The Labute approximate surface area is 109 Å². The van der Waals surface area contributed by atoms with E-state index in [0.717, 1.165) is 5.56 Å². The molecular formula is C12H12ClN3O2. The minimum Gasteiger partial charge on any atom is -0.321 e. The first-order chi connectivity index (χ1) is 8.56. The number of benzene rings is 1. The summed E-state index contributed by atoms with van der Waals surface area (Å²) in [4.78, 5) is 22.7. The lowest BCUT2D eigenvalue weighted by molar-refractivity contribution is -0.121. The van der Waals surface area contributed by atoms with Crippen LogP contribution >= 0.6 is 11.6 Å². The zero-order valence-electron chi connectivity index (χ0n) is 9.79. The number of anilines is 1. The Hall–Kier alpha value is -1.88. The normalized spacial score (nSPS) is 14.8. The van der Waals surface area contributed by atoms with E-state index in [1.54, 1.807) is 12.1 Å². The molecule has 0 fully saturated rings. The number of hydrazone groups is 1. The predicted octanol–water partition coefficient (Wildman–Crippen LogP) is 1.85. The Morgan fingerprint density at radius 1 is 1.44 bits per heavy atom. The number of aryl methyl sites for hydroxylation is 1. The Bertz CT molecular complexity index is 540. The molecule has 0 bridgehead atoms. The fraction of sp³-hybridized carbons (Fsp3) is 0.250. The molecule has 2 rings (SSSR count). The molecular weight excluding hydrogens is 254 g/mol. The van der Waals surface area contributed by atoms with Crippen molar-refractivity contribution in [3.63, 3.8) is 0 Å². The monoisotopic (exact) mass is 265 g/mol. The number of carbonyl (C=O) groups excluding carboxylic acids is 2. The van der Waals surface area contributed by atoms with E-state index in [0.29, 0.717) is 22.8 Å². The summed E-state index contributed by atoms with van der Waals surface area (Å²) in [6, 6.07) is 5.26. The highest BCUT2D eigenvalue weighted by molar-refractivity contribution is 6.43. The lowest BCUT2D eigenvalue weighted by Gasteiger charge is -2.12. The average Bonchev–Trinajstić information content (AvgIpc) is 2.34. The Morgan fingerprint density at radius 2 is 2.22 bits per heavy atom. The molecule has 0 atom stereocenters. The maximum atomic E-state index is 11.8. The highest BCUT2D eigenvalue weighted by Gasteiger charge is 2.18. The first-order valence-corrected chi connectivity index (χ1v) is 5.87. The molecule has 1 aromatic rings. The van der Waals surface area contributed by atoms with E-state index >= 15 is 0 Å². The fourth-order valence-corrected chi connectivity index (χ4v) is 1.69. The molecule has 1 aliphatic rings. The van der Waals surface area contributed by atoms with Gasteiger partial charge in [-0.05, 0) is 24.6 Å². The molecule has 0 saturated heterocycles. The predicted molar refractivity (Wildman–Crippen MR) is 69.6 cm³/mol. The summed E-state index contributed by atoms with van der Waals surface area (Å²) < 4.78 is 0. The van der Waals surface area contributed by atoms with Crippen LogP contribution in [-0.2, 0) is 9.59 Å². The lowest BCUT2D eigenvalue weighted by atomic mass is 10.1. The van der Waals surface area contributed by atoms with Gasteiger partial charge in [0.05, 0.1) is 0 Å². The number of hydrogen-bond donors (Lipinski definition) is 2. The molecule has 5 nitrogen and oxygen atoms in total. The molecule has 1 heterocycles. The summed E-state index contributed by atoms with van der Waals surface area (Å²) in [5.74, 6) is -0.500. The molecule has 94 valence electrons. The first-order valence-electron chi connectivity index (χ1n) is 5.49. The lowest BCUT2D eigenvalue weighted by Crippen LogP contribution is -2.32. The maximum Gasteiger partial charge on any atom is 0.271 e. The van der Waals surface area contributed by atoms with Gasteiger partial charge in [0.1, 0.15) is 5.71 Å². The van der Waals surface area contributed by atoms with E-state index in [-0.39, 0.29) is 18.2 Å². The van der Waals surface area contributed by atoms with Crippen molar-refractivity contribution in [2.75, 3.05) is 5.32 Å². The highest BCUT2D eigenvalue weighted by atomic mass is 35.5. The molecule has 0 aromatic heterocycles. The summed E-state index contributed by atoms with van der Waals surface area (Å²) in [6.07, 6.45) is 0.623.